The highest BCUT2D eigenvalue weighted by Gasteiger charge is 2.18. The smallest absolute Gasteiger partial charge is 0.126 e. The molecule has 0 radical (unpaired) electrons. The van der Waals surface area contributed by atoms with Gasteiger partial charge in [0.05, 0.1) is 5.69 Å². The monoisotopic (exact) mass is 325 g/mol. The maximum Gasteiger partial charge on any atom is 0.126 e. The van der Waals surface area contributed by atoms with Crippen molar-refractivity contribution in [3.63, 3.8) is 0 Å². The highest BCUT2D eigenvalue weighted by atomic mass is 79.9. The topological polar surface area (TPSA) is 43.8 Å². The number of nitrogens with zero attached hydrogens (tertiary/aromatic N) is 2. The first-order valence-corrected chi connectivity index (χ1v) is 6.89. The van der Waals surface area contributed by atoms with Crippen LogP contribution < -0.4 is 5.73 Å². The average molecular weight is 326 g/mol. The van der Waals surface area contributed by atoms with Gasteiger partial charge in [-0.25, -0.2) is 4.39 Å². The highest BCUT2D eigenvalue weighted by molar-refractivity contribution is 9.10. The molecule has 1 atom stereocenters. The van der Waals surface area contributed by atoms with Gasteiger partial charge >= 0.3 is 0 Å². The standard InChI is InChI=1S/C14H17BrFN3/c1-8-14(9(2)19(3)18-8)13(17)7-10-6-11(15)4-5-12(10)16/h4-6,13H,7,17H2,1-3H3. The van der Waals surface area contributed by atoms with Crippen molar-refractivity contribution in [1.82, 2.24) is 9.78 Å². The van der Waals surface area contributed by atoms with Crippen molar-refractivity contribution in [1.29, 1.82) is 0 Å². The molecule has 5 heteroatoms. The maximum absolute atomic E-state index is 13.8. The quantitative estimate of drug-likeness (QED) is 0.941. The van der Waals surface area contributed by atoms with E-state index >= 15 is 0 Å². The fourth-order valence-electron chi connectivity index (χ4n) is 2.37. The lowest BCUT2D eigenvalue weighted by molar-refractivity contribution is 0.591. The first kappa shape index (κ1) is 14.2. The summed E-state index contributed by atoms with van der Waals surface area (Å²) >= 11 is 3.35. The molecule has 1 aromatic heterocycles. The molecule has 0 bridgehead atoms. The summed E-state index contributed by atoms with van der Waals surface area (Å²) in [4.78, 5) is 0. The van der Waals surface area contributed by atoms with Crippen LogP contribution in [0.4, 0.5) is 4.39 Å². The Hall–Kier alpha value is -1.20. The van der Waals surface area contributed by atoms with Gasteiger partial charge in [0.2, 0.25) is 0 Å². The molecule has 2 rings (SSSR count). The molecule has 0 amide bonds. The molecule has 0 aliphatic rings. The van der Waals surface area contributed by atoms with Crippen molar-refractivity contribution in [3.8, 4) is 0 Å². The van der Waals surface area contributed by atoms with E-state index in [1.54, 1.807) is 12.1 Å². The Morgan fingerprint density at radius 2 is 2.11 bits per heavy atom. The average Bonchev–Trinajstić information content (AvgIpc) is 2.58. The molecular weight excluding hydrogens is 309 g/mol. The van der Waals surface area contributed by atoms with E-state index in [9.17, 15) is 4.39 Å². The van der Waals surface area contributed by atoms with E-state index in [4.69, 9.17) is 5.73 Å². The molecule has 1 unspecified atom stereocenters. The van der Waals surface area contributed by atoms with E-state index in [1.807, 2.05) is 25.6 Å². The van der Waals surface area contributed by atoms with Crippen molar-refractivity contribution in [2.45, 2.75) is 26.3 Å². The Morgan fingerprint density at radius 1 is 1.42 bits per heavy atom. The SMILES string of the molecule is Cc1nn(C)c(C)c1C(N)Cc1cc(Br)ccc1F. The van der Waals surface area contributed by atoms with Crippen LogP contribution in [0.15, 0.2) is 22.7 Å². The zero-order valence-corrected chi connectivity index (χ0v) is 12.8. The Balaban J connectivity index is 2.30. The number of aryl methyl sites for hydroxylation is 2. The normalized spacial score (nSPS) is 12.7. The van der Waals surface area contributed by atoms with E-state index in [0.29, 0.717) is 12.0 Å². The molecule has 3 nitrogen and oxygen atoms in total. The zero-order chi connectivity index (χ0) is 14.2. The number of rotatable bonds is 3. The lowest BCUT2D eigenvalue weighted by atomic mass is 9.98. The van der Waals surface area contributed by atoms with Gasteiger partial charge in [-0.1, -0.05) is 15.9 Å². The van der Waals surface area contributed by atoms with E-state index in [-0.39, 0.29) is 11.9 Å². The minimum Gasteiger partial charge on any atom is -0.324 e. The van der Waals surface area contributed by atoms with Crippen molar-refractivity contribution in [2.24, 2.45) is 12.8 Å². The third-order valence-corrected chi connectivity index (χ3v) is 3.88. The number of benzene rings is 1. The van der Waals surface area contributed by atoms with Crippen LogP contribution >= 0.6 is 15.9 Å². The number of hydrogen-bond acceptors (Lipinski definition) is 2. The minimum absolute atomic E-state index is 0.224. The maximum atomic E-state index is 13.8. The van der Waals surface area contributed by atoms with Crippen LogP contribution in [-0.4, -0.2) is 9.78 Å². The fraction of sp³-hybridized carbons (Fsp3) is 0.357. The summed E-state index contributed by atoms with van der Waals surface area (Å²) in [7, 11) is 1.89. The van der Waals surface area contributed by atoms with Gasteiger partial charge in [0, 0.05) is 28.8 Å². The van der Waals surface area contributed by atoms with Crippen molar-refractivity contribution < 1.29 is 4.39 Å². The molecular formula is C14H17BrFN3. The summed E-state index contributed by atoms with van der Waals surface area (Å²) in [6.45, 7) is 3.91. The fourth-order valence-corrected chi connectivity index (χ4v) is 2.77. The van der Waals surface area contributed by atoms with Gasteiger partial charge in [-0.2, -0.15) is 5.10 Å². The van der Waals surface area contributed by atoms with Gasteiger partial charge in [0.25, 0.3) is 0 Å². The van der Waals surface area contributed by atoms with Crippen LogP contribution in [0, 0.1) is 19.7 Å². The summed E-state index contributed by atoms with van der Waals surface area (Å²) in [6.07, 6.45) is 0.457. The van der Waals surface area contributed by atoms with Crippen LogP contribution in [0.3, 0.4) is 0 Å². The van der Waals surface area contributed by atoms with Gasteiger partial charge in [-0.05, 0) is 44.0 Å². The molecule has 1 aromatic carbocycles. The van der Waals surface area contributed by atoms with Gasteiger partial charge in [-0.3, -0.25) is 4.68 Å². The molecule has 0 fully saturated rings. The first-order chi connectivity index (χ1) is 8.90. The number of hydrogen-bond donors (Lipinski definition) is 1. The van der Waals surface area contributed by atoms with Crippen LogP contribution in [0.25, 0.3) is 0 Å². The summed E-state index contributed by atoms with van der Waals surface area (Å²) < 4.78 is 16.4. The molecule has 2 aromatic rings. The van der Waals surface area contributed by atoms with E-state index in [2.05, 4.69) is 21.0 Å². The lowest BCUT2D eigenvalue weighted by Gasteiger charge is -2.13. The Labute approximate surface area is 120 Å². The van der Waals surface area contributed by atoms with Crippen LogP contribution in [-0.2, 0) is 13.5 Å². The first-order valence-electron chi connectivity index (χ1n) is 6.09. The van der Waals surface area contributed by atoms with Gasteiger partial charge < -0.3 is 5.73 Å². The summed E-state index contributed by atoms with van der Waals surface area (Å²) in [5, 5.41) is 4.35. The molecule has 0 aliphatic heterocycles. The lowest BCUT2D eigenvalue weighted by Crippen LogP contribution is -2.16. The van der Waals surface area contributed by atoms with Crippen molar-refractivity contribution in [2.75, 3.05) is 0 Å². The Kier molecular flexibility index (Phi) is 4.06. The number of nitrogens with two attached hydrogens (primary N) is 1. The molecule has 0 saturated heterocycles. The molecule has 2 N–H and O–H groups in total. The van der Waals surface area contributed by atoms with Gasteiger partial charge in [0.1, 0.15) is 5.82 Å². The second-order valence-electron chi connectivity index (χ2n) is 4.75. The molecule has 0 saturated carbocycles. The zero-order valence-electron chi connectivity index (χ0n) is 11.2. The third kappa shape index (κ3) is 2.87. The predicted molar refractivity (Wildman–Crippen MR) is 77.4 cm³/mol. The van der Waals surface area contributed by atoms with Gasteiger partial charge in [0.15, 0.2) is 0 Å². The van der Waals surface area contributed by atoms with E-state index in [0.717, 1.165) is 21.4 Å². The molecule has 1 heterocycles. The van der Waals surface area contributed by atoms with Crippen molar-refractivity contribution >= 4 is 15.9 Å². The predicted octanol–water partition coefficient (Wildman–Crippen LogP) is 3.18. The Bertz CT molecular complexity index is 607. The summed E-state index contributed by atoms with van der Waals surface area (Å²) in [5.41, 5.74) is 9.78. The third-order valence-electron chi connectivity index (χ3n) is 3.38. The van der Waals surface area contributed by atoms with E-state index in [1.165, 1.54) is 6.07 Å². The second-order valence-corrected chi connectivity index (χ2v) is 5.67. The summed E-state index contributed by atoms with van der Waals surface area (Å²) in [5.74, 6) is -0.224. The largest absolute Gasteiger partial charge is 0.324 e. The van der Waals surface area contributed by atoms with E-state index < -0.39 is 0 Å². The molecule has 0 aliphatic carbocycles. The van der Waals surface area contributed by atoms with Crippen LogP contribution in [0.5, 0.6) is 0 Å². The minimum atomic E-state index is -0.252. The van der Waals surface area contributed by atoms with Crippen LogP contribution in [0.2, 0.25) is 0 Å². The number of halogens is 2. The molecule has 19 heavy (non-hydrogen) atoms. The molecule has 102 valence electrons. The molecule has 0 spiro atoms. The second kappa shape index (κ2) is 5.43. The van der Waals surface area contributed by atoms with Crippen LogP contribution in [0.1, 0.15) is 28.6 Å². The number of aromatic nitrogens is 2. The van der Waals surface area contributed by atoms with Gasteiger partial charge in [-0.15, -0.1) is 0 Å². The van der Waals surface area contributed by atoms with Crippen molar-refractivity contribution in [3.05, 3.63) is 51.0 Å². The Morgan fingerprint density at radius 3 is 2.68 bits per heavy atom. The summed E-state index contributed by atoms with van der Waals surface area (Å²) in [6, 6.07) is 4.66. The highest BCUT2D eigenvalue weighted by Crippen LogP contribution is 2.25.